The summed E-state index contributed by atoms with van der Waals surface area (Å²) in [5.74, 6) is -0.975. The van der Waals surface area contributed by atoms with Crippen LogP contribution in [-0.4, -0.2) is 20.9 Å². The van der Waals surface area contributed by atoms with Gasteiger partial charge >= 0.3 is 5.97 Å². The van der Waals surface area contributed by atoms with Gasteiger partial charge in [-0.25, -0.2) is 4.79 Å². The number of benzene rings is 1. The fourth-order valence-corrected chi connectivity index (χ4v) is 1.60. The molecule has 1 heterocycles. The van der Waals surface area contributed by atoms with Crippen LogP contribution in [0.4, 0.5) is 0 Å². The van der Waals surface area contributed by atoms with Gasteiger partial charge in [0.25, 0.3) is 0 Å². The van der Waals surface area contributed by atoms with E-state index >= 15 is 0 Å². The summed E-state index contributed by atoms with van der Waals surface area (Å²) in [4.78, 5) is 10.6. The third-order valence-electron chi connectivity index (χ3n) is 2.11. The molecule has 16 heavy (non-hydrogen) atoms. The van der Waals surface area contributed by atoms with Crippen molar-refractivity contribution >= 4 is 17.6 Å². The van der Waals surface area contributed by atoms with Crippen LogP contribution < -0.4 is 0 Å². The van der Waals surface area contributed by atoms with Crippen LogP contribution >= 0.6 is 11.6 Å². The minimum absolute atomic E-state index is 0.182. The predicted octanol–water partition coefficient (Wildman–Crippen LogP) is 2.28. The topological polar surface area (TPSA) is 55.1 Å². The monoisotopic (exact) mass is 236 g/mol. The van der Waals surface area contributed by atoms with Crippen molar-refractivity contribution in [3.05, 3.63) is 52.8 Å². The maximum atomic E-state index is 10.6. The lowest BCUT2D eigenvalue weighted by atomic mass is 10.2. The lowest BCUT2D eigenvalue weighted by Crippen LogP contribution is -2.00. The van der Waals surface area contributed by atoms with Crippen LogP contribution in [0.1, 0.15) is 15.9 Å². The van der Waals surface area contributed by atoms with Crippen LogP contribution in [0.5, 0.6) is 0 Å². The van der Waals surface area contributed by atoms with Gasteiger partial charge in [-0.05, 0) is 17.7 Å². The van der Waals surface area contributed by atoms with E-state index in [0.717, 1.165) is 5.56 Å². The fourth-order valence-electron chi connectivity index (χ4n) is 1.38. The molecule has 0 unspecified atom stereocenters. The summed E-state index contributed by atoms with van der Waals surface area (Å²) in [6, 6.07) is 7.37. The second-order valence-corrected chi connectivity index (χ2v) is 3.80. The van der Waals surface area contributed by atoms with Crippen molar-refractivity contribution in [3.63, 3.8) is 0 Å². The molecule has 2 rings (SSSR count). The second kappa shape index (κ2) is 4.37. The highest BCUT2D eigenvalue weighted by atomic mass is 35.5. The molecule has 0 saturated heterocycles. The number of carbonyl (C=O) groups is 1. The van der Waals surface area contributed by atoms with E-state index in [1.54, 1.807) is 10.7 Å². The zero-order chi connectivity index (χ0) is 11.5. The predicted molar refractivity (Wildman–Crippen MR) is 59.7 cm³/mol. The molecule has 0 radical (unpaired) electrons. The normalized spacial score (nSPS) is 10.3. The Balaban J connectivity index is 2.17. The minimum atomic E-state index is -0.975. The van der Waals surface area contributed by atoms with Crippen molar-refractivity contribution < 1.29 is 9.90 Å². The number of hydrogen-bond donors (Lipinski definition) is 1. The van der Waals surface area contributed by atoms with E-state index in [1.807, 2.05) is 18.2 Å². The van der Waals surface area contributed by atoms with Gasteiger partial charge < -0.3 is 5.11 Å². The molecule has 1 aromatic heterocycles. The van der Waals surface area contributed by atoms with Crippen LogP contribution in [0.3, 0.4) is 0 Å². The molecule has 0 spiro atoms. The third kappa shape index (κ3) is 2.41. The van der Waals surface area contributed by atoms with Gasteiger partial charge in [-0.15, -0.1) is 0 Å². The van der Waals surface area contributed by atoms with Gasteiger partial charge in [-0.1, -0.05) is 23.7 Å². The number of rotatable bonds is 3. The Kier molecular flexibility index (Phi) is 2.92. The first kappa shape index (κ1) is 10.7. The van der Waals surface area contributed by atoms with E-state index in [0.29, 0.717) is 11.6 Å². The van der Waals surface area contributed by atoms with Crippen molar-refractivity contribution in [2.75, 3.05) is 0 Å². The Morgan fingerprint density at radius 2 is 2.31 bits per heavy atom. The average Bonchev–Trinajstić information content (AvgIpc) is 2.66. The van der Waals surface area contributed by atoms with Gasteiger partial charge in [0, 0.05) is 11.2 Å². The maximum absolute atomic E-state index is 10.6. The Bertz CT molecular complexity index is 522. The first-order valence-electron chi connectivity index (χ1n) is 4.65. The SMILES string of the molecule is O=C(O)c1cnn(Cc2cccc(Cl)c2)c1. The van der Waals surface area contributed by atoms with E-state index in [2.05, 4.69) is 5.10 Å². The standard InChI is InChI=1S/C11H9ClN2O2/c12-10-3-1-2-8(4-10)6-14-7-9(5-13-14)11(15)16/h1-5,7H,6H2,(H,15,16). The van der Waals surface area contributed by atoms with Gasteiger partial charge in [-0.3, -0.25) is 4.68 Å². The van der Waals surface area contributed by atoms with Crippen LogP contribution in [0.2, 0.25) is 5.02 Å². The Labute approximate surface area is 97.1 Å². The molecule has 82 valence electrons. The summed E-state index contributed by atoms with van der Waals surface area (Å²) >= 11 is 5.84. The van der Waals surface area contributed by atoms with Gasteiger partial charge in [0.05, 0.1) is 18.3 Å². The Morgan fingerprint density at radius 1 is 1.50 bits per heavy atom. The number of hydrogen-bond acceptors (Lipinski definition) is 2. The zero-order valence-corrected chi connectivity index (χ0v) is 9.05. The molecule has 0 aliphatic rings. The minimum Gasteiger partial charge on any atom is -0.478 e. The maximum Gasteiger partial charge on any atom is 0.338 e. The van der Waals surface area contributed by atoms with Gasteiger partial charge in [0.2, 0.25) is 0 Å². The number of nitrogens with zero attached hydrogens (tertiary/aromatic N) is 2. The highest BCUT2D eigenvalue weighted by molar-refractivity contribution is 6.30. The molecule has 0 aliphatic heterocycles. The first-order valence-corrected chi connectivity index (χ1v) is 5.03. The highest BCUT2D eigenvalue weighted by Crippen LogP contribution is 2.11. The molecule has 0 fully saturated rings. The summed E-state index contributed by atoms with van der Waals surface area (Å²) < 4.78 is 1.56. The van der Waals surface area contributed by atoms with Crippen molar-refractivity contribution in [1.29, 1.82) is 0 Å². The molecule has 0 saturated carbocycles. The van der Waals surface area contributed by atoms with Gasteiger partial charge in [0.15, 0.2) is 0 Å². The van der Waals surface area contributed by atoms with E-state index < -0.39 is 5.97 Å². The zero-order valence-electron chi connectivity index (χ0n) is 8.30. The third-order valence-corrected chi connectivity index (χ3v) is 2.35. The molecular weight excluding hydrogens is 228 g/mol. The summed E-state index contributed by atoms with van der Waals surface area (Å²) in [6.45, 7) is 0.508. The molecule has 0 aliphatic carbocycles. The largest absolute Gasteiger partial charge is 0.478 e. The summed E-state index contributed by atoms with van der Waals surface area (Å²) in [5.41, 5.74) is 1.16. The highest BCUT2D eigenvalue weighted by Gasteiger charge is 2.05. The molecule has 2 aromatic rings. The lowest BCUT2D eigenvalue weighted by molar-refractivity contribution is 0.0697. The second-order valence-electron chi connectivity index (χ2n) is 3.36. The van der Waals surface area contributed by atoms with Crippen molar-refractivity contribution in [2.45, 2.75) is 6.54 Å². The molecular formula is C11H9ClN2O2. The van der Waals surface area contributed by atoms with Gasteiger partial charge in [-0.2, -0.15) is 5.10 Å². The Morgan fingerprint density at radius 3 is 2.94 bits per heavy atom. The van der Waals surface area contributed by atoms with E-state index in [-0.39, 0.29) is 5.56 Å². The van der Waals surface area contributed by atoms with Crippen molar-refractivity contribution in [1.82, 2.24) is 9.78 Å². The van der Waals surface area contributed by atoms with E-state index in [9.17, 15) is 4.79 Å². The smallest absolute Gasteiger partial charge is 0.338 e. The molecule has 0 bridgehead atoms. The van der Waals surface area contributed by atoms with Crippen LogP contribution in [0, 0.1) is 0 Å². The van der Waals surface area contributed by atoms with E-state index in [4.69, 9.17) is 16.7 Å². The molecule has 4 nitrogen and oxygen atoms in total. The first-order chi connectivity index (χ1) is 7.65. The summed E-state index contributed by atoms with van der Waals surface area (Å²) in [7, 11) is 0. The molecule has 1 N–H and O–H groups in total. The Hall–Kier alpha value is -1.81. The van der Waals surface area contributed by atoms with Crippen LogP contribution in [0.25, 0.3) is 0 Å². The van der Waals surface area contributed by atoms with Crippen molar-refractivity contribution in [2.24, 2.45) is 0 Å². The number of carboxylic acids is 1. The molecule has 1 aromatic carbocycles. The number of aromatic carboxylic acids is 1. The lowest BCUT2D eigenvalue weighted by Gasteiger charge is -2.01. The van der Waals surface area contributed by atoms with E-state index in [1.165, 1.54) is 12.4 Å². The number of carboxylic acid groups (broad SMARTS) is 1. The number of aromatic nitrogens is 2. The molecule has 5 heteroatoms. The van der Waals surface area contributed by atoms with Gasteiger partial charge in [0.1, 0.15) is 0 Å². The quantitative estimate of drug-likeness (QED) is 0.890. The molecule has 0 atom stereocenters. The fraction of sp³-hybridized carbons (Fsp3) is 0.0909. The summed E-state index contributed by atoms with van der Waals surface area (Å²) in [6.07, 6.45) is 2.82. The summed E-state index contributed by atoms with van der Waals surface area (Å²) in [5, 5.41) is 13.3. The van der Waals surface area contributed by atoms with Crippen molar-refractivity contribution in [3.8, 4) is 0 Å². The molecule has 0 amide bonds. The average molecular weight is 237 g/mol. The van der Waals surface area contributed by atoms with Crippen LogP contribution in [0.15, 0.2) is 36.7 Å². The number of halogens is 1. The van der Waals surface area contributed by atoms with Crippen LogP contribution in [-0.2, 0) is 6.54 Å².